The van der Waals surface area contributed by atoms with Crippen LogP contribution in [-0.4, -0.2) is 37.6 Å². The number of hydrogen-bond donors (Lipinski definition) is 2. The highest BCUT2D eigenvalue weighted by Crippen LogP contribution is 2.31. The molecule has 0 fully saturated rings. The standard InChI is InChI=1S/C20H23N3O4/c1-21-19(24)10-11-27-16-8-6-15(7-9-16)22-20(25)23-12-14-4-3-5-18(26-2)17(14)13-23/h3-9H,10-13H2,1-2H3,(H,21,24)(H,22,25). The summed E-state index contributed by atoms with van der Waals surface area (Å²) in [5, 5.41) is 5.44. The summed E-state index contributed by atoms with van der Waals surface area (Å²) in [4.78, 5) is 25.5. The number of carbonyl (C=O) groups excluding carboxylic acids is 2. The Morgan fingerprint density at radius 1 is 1.11 bits per heavy atom. The number of anilines is 1. The lowest BCUT2D eigenvalue weighted by Gasteiger charge is -2.17. The molecule has 0 bridgehead atoms. The van der Waals surface area contributed by atoms with Crippen LogP contribution in [0.15, 0.2) is 42.5 Å². The van der Waals surface area contributed by atoms with Crippen LogP contribution in [0.1, 0.15) is 17.5 Å². The number of fused-ring (bicyclic) bond motifs is 1. The summed E-state index contributed by atoms with van der Waals surface area (Å²) >= 11 is 0. The van der Waals surface area contributed by atoms with Gasteiger partial charge >= 0.3 is 6.03 Å². The van der Waals surface area contributed by atoms with Crippen LogP contribution in [-0.2, 0) is 17.9 Å². The third-order valence-corrected chi connectivity index (χ3v) is 4.43. The number of amides is 3. The van der Waals surface area contributed by atoms with Crippen molar-refractivity contribution in [1.82, 2.24) is 10.2 Å². The van der Waals surface area contributed by atoms with Crippen LogP contribution in [0.4, 0.5) is 10.5 Å². The van der Waals surface area contributed by atoms with Gasteiger partial charge in [-0.2, -0.15) is 0 Å². The first kappa shape index (κ1) is 18.6. The molecule has 2 N–H and O–H groups in total. The zero-order valence-electron chi connectivity index (χ0n) is 15.5. The maximum Gasteiger partial charge on any atom is 0.322 e. The molecule has 1 aliphatic heterocycles. The van der Waals surface area contributed by atoms with Crippen molar-refractivity contribution >= 4 is 17.6 Å². The first-order valence-corrected chi connectivity index (χ1v) is 8.75. The Hall–Kier alpha value is -3.22. The number of nitrogens with zero attached hydrogens (tertiary/aromatic N) is 1. The Balaban J connectivity index is 1.54. The lowest BCUT2D eigenvalue weighted by Crippen LogP contribution is -2.30. The van der Waals surface area contributed by atoms with Crippen molar-refractivity contribution in [3.63, 3.8) is 0 Å². The van der Waals surface area contributed by atoms with Gasteiger partial charge in [0.2, 0.25) is 5.91 Å². The molecule has 3 amide bonds. The van der Waals surface area contributed by atoms with Gasteiger partial charge in [-0.25, -0.2) is 4.79 Å². The Labute approximate surface area is 158 Å². The largest absolute Gasteiger partial charge is 0.496 e. The second-order valence-electron chi connectivity index (χ2n) is 6.18. The van der Waals surface area contributed by atoms with Gasteiger partial charge in [0.1, 0.15) is 11.5 Å². The second-order valence-corrected chi connectivity index (χ2v) is 6.18. The van der Waals surface area contributed by atoms with Gasteiger partial charge in [0, 0.05) is 24.8 Å². The van der Waals surface area contributed by atoms with E-state index >= 15 is 0 Å². The van der Waals surface area contributed by atoms with Gasteiger partial charge in [0.15, 0.2) is 0 Å². The molecule has 0 aliphatic carbocycles. The highest BCUT2D eigenvalue weighted by atomic mass is 16.5. The van der Waals surface area contributed by atoms with Gasteiger partial charge in [0.25, 0.3) is 0 Å². The van der Waals surface area contributed by atoms with Gasteiger partial charge in [-0.3, -0.25) is 4.79 Å². The van der Waals surface area contributed by atoms with E-state index < -0.39 is 0 Å². The second kappa shape index (κ2) is 8.44. The maximum atomic E-state index is 12.5. The van der Waals surface area contributed by atoms with Crippen molar-refractivity contribution in [3.8, 4) is 11.5 Å². The fourth-order valence-electron chi connectivity index (χ4n) is 2.95. The number of nitrogens with one attached hydrogen (secondary N) is 2. The van der Waals surface area contributed by atoms with Gasteiger partial charge in [0.05, 0.1) is 26.7 Å². The number of benzene rings is 2. The van der Waals surface area contributed by atoms with Crippen LogP contribution in [0.5, 0.6) is 11.5 Å². The Kier molecular flexibility index (Phi) is 5.80. The van der Waals surface area contributed by atoms with Gasteiger partial charge < -0.3 is 25.0 Å². The Bertz CT molecular complexity index is 820. The number of hydrogen-bond acceptors (Lipinski definition) is 4. The zero-order valence-corrected chi connectivity index (χ0v) is 15.5. The molecule has 7 heteroatoms. The molecule has 2 aromatic rings. The molecule has 0 atom stereocenters. The van der Waals surface area contributed by atoms with Crippen molar-refractivity contribution in [2.45, 2.75) is 19.5 Å². The Morgan fingerprint density at radius 2 is 1.89 bits per heavy atom. The zero-order chi connectivity index (χ0) is 19.2. The van der Waals surface area contributed by atoms with E-state index in [1.54, 1.807) is 43.3 Å². The van der Waals surface area contributed by atoms with Gasteiger partial charge in [-0.1, -0.05) is 12.1 Å². The minimum absolute atomic E-state index is 0.0675. The summed E-state index contributed by atoms with van der Waals surface area (Å²) < 4.78 is 10.9. The lowest BCUT2D eigenvalue weighted by molar-refractivity contribution is -0.121. The molecular weight excluding hydrogens is 346 g/mol. The van der Waals surface area contributed by atoms with E-state index in [1.807, 2.05) is 18.2 Å². The van der Waals surface area contributed by atoms with Crippen LogP contribution in [0.3, 0.4) is 0 Å². The third kappa shape index (κ3) is 4.49. The molecule has 0 saturated carbocycles. The number of methoxy groups -OCH3 is 1. The highest BCUT2D eigenvalue weighted by Gasteiger charge is 2.25. The summed E-state index contributed by atoms with van der Waals surface area (Å²) in [6.45, 7) is 1.38. The number of rotatable bonds is 6. The molecule has 2 aromatic carbocycles. The minimum Gasteiger partial charge on any atom is -0.496 e. The van der Waals surface area contributed by atoms with Crippen LogP contribution in [0.2, 0.25) is 0 Å². The van der Waals surface area contributed by atoms with E-state index in [1.165, 1.54) is 0 Å². The quantitative estimate of drug-likeness (QED) is 0.821. The van der Waals surface area contributed by atoms with Crippen molar-refractivity contribution < 1.29 is 19.1 Å². The summed E-state index contributed by atoms with van der Waals surface area (Å²) in [5.41, 5.74) is 2.83. The molecular formula is C20H23N3O4. The molecule has 1 heterocycles. The fourth-order valence-corrected chi connectivity index (χ4v) is 2.95. The lowest BCUT2D eigenvalue weighted by atomic mass is 10.1. The van der Waals surface area contributed by atoms with Crippen LogP contribution in [0, 0.1) is 0 Å². The van der Waals surface area contributed by atoms with E-state index in [-0.39, 0.29) is 11.9 Å². The molecule has 0 unspecified atom stereocenters. The van der Waals surface area contributed by atoms with Crippen molar-refractivity contribution in [3.05, 3.63) is 53.6 Å². The molecule has 0 saturated heterocycles. The summed E-state index contributed by atoms with van der Waals surface area (Å²) in [5.74, 6) is 1.39. The molecule has 3 rings (SSSR count). The van der Waals surface area contributed by atoms with E-state index in [2.05, 4.69) is 10.6 Å². The van der Waals surface area contributed by atoms with Crippen molar-refractivity contribution in [1.29, 1.82) is 0 Å². The third-order valence-electron chi connectivity index (χ3n) is 4.43. The summed E-state index contributed by atoms with van der Waals surface area (Å²) in [6.07, 6.45) is 0.300. The van der Waals surface area contributed by atoms with Crippen LogP contribution >= 0.6 is 0 Å². The molecule has 142 valence electrons. The summed E-state index contributed by atoms with van der Waals surface area (Å²) in [6, 6.07) is 12.8. The molecule has 27 heavy (non-hydrogen) atoms. The number of carbonyl (C=O) groups is 2. The van der Waals surface area contributed by atoms with Crippen molar-refractivity contribution in [2.24, 2.45) is 0 Å². The topological polar surface area (TPSA) is 79.9 Å². The highest BCUT2D eigenvalue weighted by molar-refractivity contribution is 5.89. The monoisotopic (exact) mass is 369 g/mol. The van der Waals surface area contributed by atoms with E-state index in [0.717, 1.165) is 16.9 Å². The fraction of sp³-hybridized carbons (Fsp3) is 0.300. The molecule has 0 aromatic heterocycles. The Morgan fingerprint density at radius 3 is 2.59 bits per heavy atom. The van der Waals surface area contributed by atoms with E-state index in [9.17, 15) is 9.59 Å². The smallest absolute Gasteiger partial charge is 0.322 e. The van der Waals surface area contributed by atoms with Gasteiger partial charge in [-0.05, 0) is 35.9 Å². The first-order chi connectivity index (χ1) is 13.1. The maximum absolute atomic E-state index is 12.5. The molecule has 0 spiro atoms. The van der Waals surface area contributed by atoms with E-state index in [0.29, 0.717) is 37.6 Å². The SMILES string of the molecule is CNC(=O)CCOc1ccc(NC(=O)N2Cc3cccc(OC)c3C2)cc1. The average molecular weight is 369 g/mol. The van der Waals surface area contributed by atoms with Crippen molar-refractivity contribution in [2.75, 3.05) is 26.1 Å². The molecule has 0 radical (unpaired) electrons. The van der Waals surface area contributed by atoms with Crippen LogP contribution < -0.4 is 20.1 Å². The number of ether oxygens (including phenoxy) is 2. The minimum atomic E-state index is -0.165. The van der Waals surface area contributed by atoms with E-state index in [4.69, 9.17) is 9.47 Å². The number of urea groups is 1. The van der Waals surface area contributed by atoms with Crippen LogP contribution in [0.25, 0.3) is 0 Å². The average Bonchev–Trinajstić information content (AvgIpc) is 3.13. The predicted molar refractivity (Wildman–Crippen MR) is 102 cm³/mol. The normalized spacial score (nSPS) is 12.3. The first-order valence-electron chi connectivity index (χ1n) is 8.75. The summed E-state index contributed by atoms with van der Waals surface area (Å²) in [7, 11) is 3.23. The molecule has 1 aliphatic rings. The molecule has 7 nitrogen and oxygen atoms in total. The predicted octanol–water partition coefficient (Wildman–Crippen LogP) is 2.76. The van der Waals surface area contributed by atoms with Gasteiger partial charge in [-0.15, -0.1) is 0 Å².